The minimum Gasteiger partial charge on any atom is -0.469 e. The predicted octanol–water partition coefficient (Wildman–Crippen LogP) is 6.48. The van der Waals surface area contributed by atoms with E-state index in [1.54, 1.807) is 19.2 Å². The topological polar surface area (TPSA) is 60.3 Å². The number of ether oxygens (including phenoxy) is 1. The average Bonchev–Trinajstić information content (AvgIpc) is 3.16. The second kappa shape index (κ2) is 12.2. The summed E-state index contributed by atoms with van der Waals surface area (Å²) in [5, 5.41) is 3.43. The molecule has 1 N–H and O–H groups in total. The van der Waals surface area contributed by atoms with E-state index in [2.05, 4.69) is 5.32 Å². The summed E-state index contributed by atoms with van der Waals surface area (Å²) in [6.45, 7) is 0.415. The van der Waals surface area contributed by atoms with Gasteiger partial charge in [0.1, 0.15) is 5.82 Å². The van der Waals surface area contributed by atoms with E-state index in [0.29, 0.717) is 59.6 Å². The number of halogens is 6. The summed E-state index contributed by atoms with van der Waals surface area (Å²) < 4.78 is 60.3. The lowest BCUT2D eigenvalue weighted by molar-refractivity contribution is -0.142. The minimum atomic E-state index is -4.67. The Kier molecular flexibility index (Phi) is 9.47. The highest BCUT2D eigenvalue weighted by Gasteiger charge is 2.32. The third-order valence-corrected chi connectivity index (χ3v) is 7.27. The SMILES string of the molecule is COC(=O)CC(CCNC=O)CCc1ccc(Cl)c(Cc2cc3c(F)cc(C(F)(F)F)cc3n2C)c1Cl. The van der Waals surface area contributed by atoms with Crippen molar-refractivity contribution < 1.29 is 31.9 Å². The van der Waals surface area contributed by atoms with Crippen LogP contribution in [0, 0.1) is 11.7 Å². The van der Waals surface area contributed by atoms with E-state index in [0.717, 1.165) is 11.6 Å². The van der Waals surface area contributed by atoms with Gasteiger partial charge in [-0.25, -0.2) is 4.39 Å². The lowest BCUT2D eigenvalue weighted by Crippen LogP contribution is -2.19. The van der Waals surface area contributed by atoms with Crippen molar-refractivity contribution in [3.05, 3.63) is 68.6 Å². The summed E-state index contributed by atoms with van der Waals surface area (Å²) >= 11 is 13.1. The highest BCUT2D eigenvalue weighted by molar-refractivity contribution is 6.36. The fraction of sp³-hybridized carbons (Fsp3) is 0.385. The molecule has 1 unspecified atom stereocenters. The summed E-state index contributed by atoms with van der Waals surface area (Å²) in [6, 6.07) is 6.37. The van der Waals surface area contributed by atoms with Gasteiger partial charge >= 0.3 is 12.1 Å². The molecule has 200 valence electrons. The first kappa shape index (κ1) is 28.8. The molecule has 0 aliphatic rings. The lowest BCUT2D eigenvalue weighted by Gasteiger charge is -2.17. The molecule has 0 saturated heterocycles. The zero-order valence-electron chi connectivity index (χ0n) is 20.2. The Labute approximate surface area is 221 Å². The van der Waals surface area contributed by atoms with Crippen molar-refractivity contribution in [3.63, 3.8) is 0 Å². The van der Waals surface area contributed by atoms with Crippen LogP contribution in [0.1, 0.15) is 41.6 Å². The number of carbonyl (C=O) groups excluding carboxylic acids is 2. The number of aryl methyl sites for hydroxylation is 2. The Hall–Kier alpha value is -2.78. The maximum atomic E-state index is 14.5. The molecule has 1 heterocycles. The highest BCUT2D eigenvalue weighted by atomic mass is 35.5. The van der Waals surface area contributed by atoms with Crippen molar-refractivity contribution in [1.82, 2.24) is 9.88 Å². The molecule has 3 rings (SSSR count). The van der Waals surface area contributed by atoms with E-state index < -0.39 is 17.6 Å². The summed E-state index contributed by atoms with van der Waals surface area (Å²) in [4.78, 5) is 22.4. The van der Waals surface area contributed by atoms with Gasteiger partial charge in [-0.15, -0.1) is 0 Å². The molecule has 0 spiro atoms. The Morgan fingerprint density at radius 2 is 1.92 bits per heavy atom. The number of rotatable bonds is 11. The van der Waals surface area contributed by atoms with Crippen molar-refractivity contribution in [2.24, 2.45) is 13.0 Å². The van der Waals surface area contributed by atoms with Crippen LogP contribution in [0.4, 0.5) is 17.6 Å². The van der Waals surface area contributed by atoms with Crippen molar-refractivity contribution in [1.29, 1.82) is 0 Å². The van der Waals surface area contributed by atoms with E-state index in [1.165, 1.54) is 17.7 Å². The fourth-order valence-electron chi connectivity index (χ4n) is 4.33. The van der Waals surface area contributed by atoms with Crippen LogP contribution in [-0.2, 0) is 40.4 Å². The maximum absolute atomic E-state index is 14.5. The third-order valence-electron chi connectivity index (χ3n) is 6.45. The zero-order chi connectivity index (χ0) is 27.3. The molecule has 1 amide bonds. The van der Waals surface area contributed by atoms with Crippen LogP contribution in [0.2, 0.25) is 10.0 Å². The smallest absolute Gasteiger partial charge is 0.416 e. The predicted molar refractivity (Wildman–Crippen MR) is 134 cm³/mol. The van der Waals surface area contributed by atoms with Crippen molar-refractivity contribution >= 4 is 46.5 Å². The molecule has 5 nitrogen and oxygen atoms in total. The molecule has 1 atom stereocenters. The van der Waals surface area contributed by atoms with Crippen LogP contribution in [0.25, 0.3) is 10.9 Å². The number of aromatic nitrogens is 1. The quantitative estimate of drug-likeness (QED) is 0.126. The van der Waals surface area contributed by atoms with Crippen LogP contribution in [0.15, 0.2) is 30.3 Å². The standard InChI is InChI=1S/C26H26Cl2F4N2O3/c1-34-18(13-20-22(29)10-17(11-23(20)34)26(30,31)32)12-19-21(27)6-5-16(25(19)28)4-3-15(7-8-33-14-35)9-24(36)37-2/h5-6,10-11,13-15H,3-4,7-9,12H2,1-2H3,(H,33,35). The largest absolute Gasteiger partial charge is 0.469 e. The number of fused-ring (bicyclic) bond motifs is 1. The molecule has 0 radical (unpaired) electrons. The first-order valence-corrected chi connectivity index (χ1v) is 12.3. The molecule has 0 saturated carbocycles. The highest BCUT2D eigenvalue weighted by Crippen LogP contribution is 2.36. The van der Waals surface area contributed by atoms with Crippen LogP contribution < -0.4 is 5.32 Å². The number of amides is 1. The molecule has 2 aromatic carbocycles. The normalized spacial score (nSPS) is 12.5. The van der Waals surface area contributed by atoms with Crippen LogP contribution in [-0.4, -0.2) is 30.6 Å². The van der Waals surface area contributed by atoms with E-state index >= 15 is 0 Å². The van der Waals surface area contributed by atoms with E-state index in [9.17, 15) is 27.2 Å². The number of esters is 1. The van der Waals surface area contributed by atoms with Gasteiger partial charge in [-0.05, 0) is 60.6 Å². The third kappa shape index (κ3) is 6.96. The molecule has 3 aromatic rings. The number of nitrogens with zero attached hydrogens (tertiary/aromatic N) is 1. The number of methoxy groups -OCH3 is 1. The summed E-state index contributed by atoms with van der Waals surface area (Å²) in [5.41, 5.74) is 0.935. The number of benzene rings is 2. The fourth-order valence-corrected chi connectivity index (χ4v) is 4.93. The van der Waals surface area contributed by atoms with Crippen LogP contribution >= 0.6 is 23.2 Å². The van der Waals surface area contributed by atoms with Gasteiger partial charge in [0.05, 0.1) is 18.2 Å². The second-order valence-corrected chi connectivity index (χ2v) is 9.59. The Bertz CT molecular complexity index is 1290. The first-order chi connectivity index (χ1) is 17.5. The van der Waals surface area contributed by atoms with Crippen molar-refractivity contribution in [2.45, 2.75) is 38.3 Å². The zero-order valence-corrected chi connectivity index (χ0v) is 21.7. The summed E-state index contributed by atoms with van der Waals surface area (Å²) in [5.74, 6) is -1.37. The molecular weight excluding hydrogens is 535 g/mol. The number of hydrogen-bond donors (Lipinski definition) is 1. The average molecular weight is 561 g/mol. The first-order valence-electron chi connectivity index (χ1n) is 11.5. The van der Waals surface area contributed by atoms with Gasteiger partial charge in [0.25, 0.3) is 0 Å². The number of alkyl halides is 3. The second-order valence-electron chi connectivity index (χ2n) is 8.80. The van der Waals surface area contributed by atoms with Crippen LogP contribution in [0.5, 0.6) is 0 Å². The van der Waals surface area contributed by atoms with E-state index in [1.807, 2.05) is 0 Å². The Balaban J connectivity index is 1.87. The number of nitrogens with one attached hydrogen (secondary N) is 1. The molecule has 37 heavy (non-hydrogen) atoms. The van der Waals surface area contributed by atoms with Gasteiger partial charge in [-0.3, -0.25) is 9.59 Å². The molecule has 1 aromatic heterocycles. The molecule has 0 aliphatic heterocycles. The number of carbonyl (C=O) groups is 2. The summed E-state index contributed by atoms with van der Waals surface area (Å²) in [7, 11) is 2.88. The van der Waals surface area contributed by atoms with Crippen molar-refractivity contribution in [3.8, 4) is 0 Å². The Morgan fingerprint density at radius 1 is 1.19 bits per heavy atom. The molecule has 0 aliphatic carbocycles. The van der Waals surface area contributed by atoms with Gasteiger partial charge < -0.3 is 14.6 Å². The van der Waals surface area contributed by atoms with Gasteiger partial charge in [0.2, 0.25) is 6.41 Å². The number of hydrogen-bond acceptors (Lipinski definition) is 3. The molecular formula is C26H26Cl2F4N2O3. The van der Waals surface area contributed by atoms with Gasteiger partial charge in [0.15, 0.2) is 0 Å². The van der Waals surface area contributed by atoms with Gasteiger partial charge in [0, 0.05) is 47.6 Å². The lowest BCUT2D eigenvalue weighted by atomic mass is 9.92. The molecule has 11 heteroatoms. The van der Waals surface area contributed by atoms with Gasteiger partial charge in [-0.2, -0.15) is 13.2 Å². The molecule has 0 fully saturated rings. The molecule has 0 bridgehead atoms. The Morgan fingerprint density at radius 3 is 2.57 bits per heavy atom. The van der Waals surface area contributed by atoms with Crippen LogP contribution in [0.3, 0.4) is 0 Å². The summed E-state index contributed by atoms with van der Waals surface area (Å²) in [6.07, 6.45) is -2.02. The van der Waals surface area contributed by atoms with Gasteiger partial charge in [-0.1, -0.05) is 29.3 Å². The van der Waals surface area contributed by atoms with E-state index in [-0.39, 0.29) is 35.6 Å². The van der Waals surface area contributed by atoms with E-state index in [4.69, 9.17) is 27.9 Å². The minimum absolute atomic E-state index is 0.0564. The monoisotopic (exact) mass is 560 g/mol. The van der Waals surface area contributed by atoms with Crippen molar-refractivity contribution in [2.75, 3.05) is 13.7 Å². The maximum Gasteiger partial charge on any atom is 0.416 e.